The number of hydrogen-bond donors (Lipinski definition) is 1. The summed E-state index contributed by atoms with van der Waals surface area (Å²) in [4.78, 5) is 16.4. The molecular formula is C22H24N4O3. The van der Waals surface area contributed by atoms with E-state index in [1.165, 1.54) is 0 Å². The van der Waals surface area contributed by atoms with Crippen molar-refractivity contribution in [1.82, 2.24) is 15.5 Å². The van der Waals surface area contributed by atoms with E-state index in [4.69, 9.17) is 9.47 Å². The highest BCUT2D eigenvalue weighted by Crippen LogP contribution is 2.28. The molecule has 1 heterocycles. The fraction of sp³-hybridized carbons (Fsp3) is 0.273. The lowest BCUT2D eigenvalue weighted by Gasteiger charge is -2.20. The average molecular weight is 392 g/mol. The van der Waals surface area contributed by atoms with Gasteiger partial charge in [-0.15, -0.1) is 0 Å². The summed E-state index contributed by atoms with van der Waals surface area (Å²) in [6.45, 7) is 3.00. The summed E-state index contributed by atoms with van der Waals surface area (Å²) in [5, 5.41) is 10.9. The number of nitrogens with zero attached hydrogens (tertiary/aromatic N) is 3. The monoisotopic (exact) mass is 392 g/mol. The van der Waals surface area contributed by atoms with E-state index in [1.807, 2.05) is 49.4 Å². The fourth-order valence-electron chi connectivity index (χ4n) is 2.80. The van der Waals surface area contributed by atoms with E-state index in [9.17, 15) is 4.79 Å². The number of carbonyl (C=O) groups is 1. The molecule has 0 spiro atoms. The largest absolute Gasteiger partial charge is 0.497 e. The number of ether oxygens (including phenoxy) is 2. The number of methoxy groups -OCH3 is 1. The lowest BCUT2D eigenvalue weighted by Crippen LogP contribution is -2.21. The van der Waals surface area contributed by atoms with Crippen LogP contribution in [0.5, 0.6) is 5.75 Å². The SMILES string of the molecule is CCCOC1=CC(=NC(=O)NCc2ccc(OC)cc2)C=CC1c1cccnn1. The van der Waals surface area contributed by atoms with Crippen LogP contribution in [-0.4, -0.2) is 35.7 Å². The van der Waals surface area contributed by atoms with Gasteiger partial charge in [0.05, 0.1) is 31.0 Å². The number of nitrogens with one attached hydrogen (secondary N) is 1. The van der Waals surface area contributed by atoms with Gasteiger partial charge in [0.1, 0.15) is 11.5 Å². The third kappa shape index (κ3) is 5.75. The van der Waals surface area contributed by atoms with Gasteiger partial charge in [-0.2, -0.15) is 15.2 Å². The number of carbonyl (C=O) groups excluding carboxylic acids is 1. The maximum atomic E-state index is 12.2. The molecule has 1 aliphatic carbocycles. The Morgan fingerprint density at radius 2 is 2.07 bits per heavy atom. The van der Waals surface area contributed by atoms with Gasteiger partial charge in [0, 0.05) is 18.8 Å². The molecule has 0 radical (unpaired) electrons. The number of hydrogen-bond acceptors (Lipinski definition) is 5. The summed E-state index contributed by atoms with van der Waals surface area (Å²) in [7, 11) is 1.62. The van der Waals surface area contributed by atoms with Gasteiger partial charge >= 0.3 is 6.03 Å². The minimum Gasteiger partial charge on any atom is -0.497 e. The molecule has 2 aromatic rings. The van der Waals surface area contributed by atoms with E-state index in [0.29, 0.717) is 24.6 Å². The van der Waals surface area contributed by atoms with E-state index in [2.05, 4.69) is 20.5 Å². The first-order valence-electron chi connectivity index (χ1n) is 9.49. The van der Waals surface area contributed by atoms with Gasteiger partial charge in [0.2, 0.25) is 0 Å². The smallest absolute Gasteiger partial charge is 0.341 e. The minimum atomic E-state index is -0.412. The van der Waals surface area contributed by atoms with Crippen molar-refractivity contribution in [2.75, 3.05) is 13.7 Å². The molecule has 0 saturated carbocycles. The molecule has 3 rings (SSSR count). The molecular weight excluding hydrogens is 368 g/mol. The Bertz CT molecular complexity index is 905. The van der Waals surface area contributed by atoms with Gasteiger partial charge < -0.3 is 14.8 Å². The molecule has 7 heteroatoms. The molecule has 1 aromatic heterocycles. The topological polar surface area (TPSA) is 85.7 Å². The van der Waals surface area contributed by atoms with Crippen molar-refractivity contribution in [1.29, 1.82) is 0 Å². The molecule has 1 aliphatic rings. The Hall–Kier alpha value is -3.48. The van der Waals surface area contributed by atoms with Crippen LogP contribution in [0, 0.1) is 0 Å². The summed E-state index contributed by atoms with van der Waals surface area (Å²) in [6, 6.07) is 10.8. The molecule has 1 N–H and O–H groups in total. The van der Waals surface area contributed by atoms with Crippen molar-refractivity contribution in [3.8, 4) is 5.75 Å². The lowest BCUT2D eigenvalue weighted by atomic mass is 9.96. The molecule has 29 heavy (non-hydrogen) atoms. The van der Waals surface area contributed by atoms with Crippen LogP contribution >= 0.6 is 0 Å². The maximum Gasteiger partial charge on any atom is 0.341 e. The number of amides is 2. The lowest BCUT2D eigenvalue weighted by molar-refractivity contribution is 0.199. The third-order valence-corrected chi connectivity index (χ3v) is 4.27. The van der Waals surface area contributed by atoms with Crippen molar-refractivity contribution in [3.05, 3.63) is 77.8 Å². The first-order valence-corrected chi connectivity index (χ1v) is 9.49. The number of allylic oxidation sites excluding steroid dienone is 3. The predicted octanol–water partition coefficient (Wildman–Crippen LogP) is 3.80. The molecule has 0 fully saturated rings. The van der Waals surface area contributed by atoms with Crippen molar-refractivity contribution in [3.63, 3.8) is 0 Å². The molecule has 0 aliphatic heterocycles. The molecule has 1 aromatic carbocycles. The van der Waals surface area contributed by atoms with Crippen LogP contribution in [0.25, 0.3) is 0 Å². The normalized spacial score (nSPS) is 17.0. The van der Waals surface area contributed by atoms with E-state index < -0.39 is 6.03 Å². The highest BCUT2D eigenvalue weighted by molar-refractivity contribution is 6.10. The molecule has 1 unspecified atom stereocenters. The fourth-order valence-corrected chi connectivity index (χ4v) is 2.80. The second-order valence-electron chi connectivity index (χ2n) is 6.42. The molecule has 0 bridgehead atoms. The van der Waals surface area contributed by atoms with Crippen LogP contribution < -0.4 is 10.1 Å². The van der Waals surface area contributed by atoms with Crippen LogP contribution in [0.15, 0.2) is 71.6 Å². The zero-order valence-electron chi connectivity index (χ0n) is 16.5. The van der Waals surface area contributed by atoms with Gasteiger partial charge in [0.25, 0.3) is 0 Å². The Kier molecular flexibility index (Phi) is 7.10. The maximum absolute atomic E-state index is 12.2. The van der Waals surface area contributed by atoms with Crippen molar-refractivity contribution in [2.24, 2.45) is 4.99 Å². The Morgan fingerprint density at radius 1 is 1.24 bits per heavy atom. The summed E-state index contributed by atoms with van der Waals surface area (Å²) in [5.74, 6) is 1.34. The second-order valence-corrected chi connectivity index (χ2v) is 6.42. The number of rotatable bonds is 7. The first-order chi connectivity index (χ1) is 14.2. The number of urea groups is 1. The van der Waals surface area contributed by atoms with Crippen LogP contribution in [0.2, 0.25) is 0 Å². The number of aromatic nitrogens is 2. The number of benzene rings is 1. The Balaban J connectivity index is 1.67. The summed E-state index contributed by atoms with van der Waals surface area (Å²) in [5.41, 5.74) is 2.28. The van der Waals surface area contributed by atoms with E-state index in [1.54, 1.807) is 25.5 Å². The minimum absolute atomic E-state index is 0.142. The quantitative estimate of drug-likeness (QED) is 0.775. The predicted molar refractivity (Wildman–Crippen MR) is 111 cm³/mol. The van der Waals surface area contributed by atoms with Crippen molar-refractivity contribution >= 4 is 11.7 Å². The highest BCUT2D eigenvalue weighted by Gasteiger charge is 2.21. The van der Waals surface area contributed by atoms with Gasteiger partial charge in [0.15, 0.2) is 0 Å². The molecule has 1 atom stereocenters. The van der Waals surface area contributed by atoms with Crippen molar-refractivity contribution < 1.29 is 14.3 Å². The molecule has 7 nitrogen and oxygen atoms in total. The summed E-state index contributed by atoms with van der Waals surface area (Å²) >= 11 is 0. The summed E-state index contributed by atoms with van der Waals surface area (Å²) < 4.78 is 11.0. The van der Waals surface area contributed by atoms with Crippen LogP contribution in [0.4, 0.5) is 4.79 Å². The van der Waals surface area contributed by atoms with Crippen molar-refractivity contribution in [2.45, 2.75) is 25.8 Å². The van der Waals surface area contributed by atoms with Crippen LogP contribution in [0.3, 0.4) is 0 Å². The second kappa shape index (κ2) is 10.2. The van der Waals surface area contributed by atoms with Gasteiger partial charge in [-0.3, -0.25) is 0 Å². The summed E-state index contributed by atoms with van der Waals surface area (Å²) in [6.07, 6.45) is 8.01. The number of aliphatic imine (C=N–C) groups is 1. The average Bonchev–Trinajstić information content (AvgIpc) is 2.77. The standard InChI is InChI=1S/C22H24N4O3/c1-3-13-29-21-14-17(8-11-19(21)20-5-4-12-24-26-20)25-22(27)23-15-16-6-9-18(28-2)10-7-16/h4-12,14,19H,3,13,15H2,1-2H3,(H,23,27). The Labute approximate surface area is 170 Å². The van der Waals surface area contributed by atoms with Gasteiger partial charge in [-0.25, -0.2) is 4.79 Å². The highest BCUT2D eigenvalue weighted by atomic mass is 16.5. The third-order valence-electron chi connectivity index (χ3n) is 4.27. The van der Waals surface area contributed by atoms with Gasteiger partial charge in [-0.1, -0.05) is 25.1 Å². The first kappa shape index (κ1) is 20.3. The van der Waals surface area contributed by atoms with E-state index >= 15 is 0 Å². The van der Waals surface area contributed by atoms with Gasteiger partial charge in [-0.05, 0) is 42.3 Å². The van der Waals surface area contributed by atoms with E-state index in [0.717, 1.165) is 23.4 Å². The van der Waals surface area contributed by atoms with E-state index in [-0.39, 0.29) is 5.92 Å². The van der Waals surface area contributed by atoms with Crippen LogP contribution in [-0.2, 0) is 11.3 Å². The Morgan fingerprint density at radius 3 is 2.76 bits per heavy atom. The molecule has 0 saturated heterocycles. The zero-order chi connectivity index (χ0) is 20.5. The molecule has 150 valence electrons. The zero-order valence-corrected chi connectivity index (χ0v) is 16.5. The molecule has 2 amide bonds. The van der Waals surface area contributed by atoms with Crippen LogP contribution in [0.1, 0.15) is 30.5 Å².